The van der Waals surface area contributed by atoms with Gasteiger partial charge in [-0.15, -0.1) is 0 Å². The van der Waals surface area contributed by atoms with Crippen molar-refractivity contribution in [3.63, 3.8) is 0 Å². The van der Waals surface area contributed by atoms with E-state index in [1.165, 1.54) is 36.4 Å². The number of carbonyl (C=O) groups is 2. The van der Waals surface area contributed by atoms with E-state index in [0.29, 0.717) is 25.4 Å². The van der Waals surface area contributed by atoms with Crippen molar-refractivity contribution in [3.05, 3.63) is 150 Å². The Hall–Kier alpha value is -5.13. The van der Waals surface area contributed by atoms with Gasteiger partial charge in [0.2, 0.25) is 34.0 Å². The first kappa shape index (κ1) is 93.1. The number of nitro benzene ring substituents is 2. The molecule has 10 N–H and O–H groups in total. The smallest absolute Gasteiger partial charge is 0.505 e. The van der Waals surface area contributed by atoms with Crippen LogP contribution in [-0.4, -0.2) is 164 Å². The largest absolute Gasteiger partial charge is 1.00 e. The predicted octanol–water partition coefficient (Wildman–Crippen LogP) is -8.33. The van der Waals surface area contributed by atoms with Crippen molar-refractivity contribution < 1.29 is 265 Å². The van der Waals surface area contributed by atoms with E-state index in [4.69, 9.17) is 42.1 Å². The summed E-state index contributed by atoms with van der Waals surface area (Å²) in [6.07, 6.45) is 0.937. The van der Waals surface area contributed by atoms with Crippen LogP contribution in [0.5, 0.6) is 23.5 Å². The molecule has 2 aromatic heterocycles. The summed E-state index contributed by atoms with van der Waals surface area (Å²) in [5.74, 6) is -3.79. The number of halogens is 2. The molecule has 6 aromatic carbocycles. The molecule has 8 aromatic rings. The molecule has 521 valence electrons. The number of hydrogen-bond donors (Lipinski definition) is 10. The molecule has 50 heteroatoms. The second-order valence-corrected chi connectivity index (χ2v) is 25.8. The number of nitro groups is 2. The molecular formula is C54H44Cl2CoN14Na5O24S4+5. The Morgan fingerprint density at radius 2 is 0.846 bits per heavy atom. The van der Waals surface area contributed by atoms with Crippen LogP contribution in [0.25, 0.3) is 31.4 Å². The fourth-order valence-electron chi connectivity index (χ4n) is 9.13. The van der Waals surface area contributed by atoms with E-state index in [1.807, 2.05) is 13.8 Å². The number of ketones is 2. The topological polar surface area (TPSA) is 565 Å². The zero-order valence-corrected chi connectivity index (χ0v) is 70.5. The van der Waals surface area contributed by atoms with E-state index in [1.54, 1.807) is 0 Å². The number of hydrogen-bond acceptors (Lipinski definition) is 32. The van der Waals surface area contributed by atoms with Crippen LogP contribution in [0.2, 0.25) is 10.6 Å². The summed E-state index contributed by atoms with van der Waals surface area (Å²) < 4.78 is 158. The number of rotatable bonds is 24. The van der Waals surface area contributed by atoms with E-state index in [0.717, 1.165) is 48.5 Å². The molecule has 104 heavy (non-hydrogen) atoms. The number of allylic oxidation sites excluding steroid dienone is 2. The Labute approximate surface area is 718 Å². The third-order valence-electron chi connectivity index (χ3n) is 13.3. The molecule has 0 saturated heterocycles. The number of aromatic hydroxyl groups is 2. The number of aromatic nitrogens is 6. The van der Waals surface area contributed by atoms with E-state index in [9.17, 15) is 91.9 Å². The fraction of sp³-hybridized carbons (Fsp3) is 0.148. The van der Waals surface area contributed by atoms with Crippen molar-refractivity contribution in [3.8, 4) is 23.5 Å². The molecule has 2 aliphatic carbocycles. The van der Waals surface area contributed by atoms with Gasteiger partial charge >= 0.3 is 160 Å². The van der Waals surface area contributed by atoms with Gasteiger partial charge in [0.15, 0.2) is 0 Å². The third-order valence-corrected chi connectivity index (χ3v) is 17.2. The SMILES string of the molecule is CCOCCOc1nc(Cl)nc(Nc2ccc3c(O)c(NN=C4C(=O)C=C(S(=O)(=O)O)c5cc([N+](=O)[O-])ccc54)c(S(=O)(=O)O)cc3c2)n1.CCOCCOc1nc(Cl)nc(Nc2ccc3c(O)c(NN=C4C(=O)C=C(S(=O)(=O)O)c5cc([N+](=O)[O-])ccc54)c(S(=O)(=O)O)cc3c2)n1.[Co].[Na+].[Na+].[Na+].[Na+].[Na+]. The first-order valence-electron chi connectivity index (χ1n) is 27.2. The summed E-state index contributed by atoms with van der Waals surface area (Å²) in [4.78, 5) is 67.0. The molecule has 0 aliphatic heterocycles. The number of hydrazone groups is 2. The van der Waals surface area contributed by atoms with Crippen molar-refractivity contribution in [2.24, 2.45) is 10.2 Å². The van der Waals surface area contributed by atoms with Crippen LogP contribution in [0.3, 0.4) is 0 Å². The van der Waals surface area contributed by atoms with E-state index < -0.39 is 138 Å². The first-order valence-corrected chi connectivity index (χ1v) is 33.7. The van der Waals surface area contributed by atoms with Crippen molar-refractivity contribution in [2.45, 2.75) is 23.6 Å². The Morgan fingerprint density at radius 1 is 0.490 bits per heavy atom. The molecule has 2 heterocycles. The number of non-ortho nitro benzene ring substituents is 2. The summed E-state index contributed by atoms with van der Waals surface area (Å²) in [6.45, 7) is 5.42. The number of benzene rings is 6. The molecular weight excluding hydrogens is 1600 g/mol. The van der Waals surface area contributed by atoms with Gasteiger partial charge in [0.25, 0.3) is 51.8 Å². The Morgan fingerprint density at radius 3 is 1.16 bits per heavy atom. The summed E-state index contributed by atoms with van der Waals surface area (Å²) in [5.41, 5.74) is -0.120. The zero-order valence-electron chi connectivity index (χ0n) is 54.7. The standard InChI is InChI=1S/2C27H22ClN7O12S2.Co.5Na/c2*1-2-46-7-8-47-27-31-25(28)30-26(32-27)29-14-3-5-16-13(9-14)10-21(49(43,44)45)23(24(16)37)34-33-22-17-6-4-15(35(38)39)11-18(17)20(12-19(22)36)48(40,41)42;;;;;;/h2*3-6,9-12,34,37H,2,7-8H2,1H3,(H,40,41,42)(H,43,44,45)(H,29,30,31,32);;;;;;/q;;;5*+1. The van der Waals surface area contributed by atoms with Crippen LogP contribution < -0.4 is 179 Å². The normalized spacial score (nSPS) is 13.2. The molecule has 0 amide bonds. The van der Waals surface area contributed by atoms with Gasteiger partial charge in [-0.3, -0.25) is 58.9 Å². The van der Waals surface area contributed by atoms with Crippen molar-refractivity contribution in [1.82, 2.24) is 29.9 Å². The second-order valence-electron chi connectivity index (χ2n) is 19.6. The quantitative estimate of drug-likeness (QED) is 0.00671. The number of carbonyl (C=O) groups excluding carboxylic acids is 2. The number of anilines is 6. The Kier molecular flexibility index (Phi) is 35.2. The van der Waals surface area contributed by atoms with Crippen molar-refractivity contribution >= 4 is 164 Å². The maximum atomic E-state index is 12.9. The summed E-state index contributed by atoms with van der Waals surface area (Å²) >= 11 is 12.0. The van der Waals surface area contributed by atoms with Gasteiger partial charge in [-0.05, 0) is 108 Å². The molecule has 2 aliphatic rings. The van der Waals surface area contributed by atoms with Gasteiger partial charge in [-0.2, -0.15) is 73.8 Å². The third kappa shape index (κ3) is 23.0. The minimum atomic E-state index is -5.09. The van der Waals surface area contributed by atoms with E-state index in [2.05, 4.69) is 61.6 Å². The molecule has 1 radical (unpaired) electrons. The minimum Gasteiger partial charge on any atom is -0.505 e. The first-order chi connectivity index (χ1) is 46.1. The summed E-state index contributed by atoms with van der Waals surface area (Å²) in [5, 5.41) is 58.1. The number of nitrogens with zero attached hydrogens (tertiary/aromatic N) is 10. The fourth-order valence-corrected chi connectivity index (χ4v) is 12.2. The molecule has 0 bridgehead atoms. The number of fused-ring (bicyclic) bond motifs is 4. The van der Waals surface area contributed by atoms with Gasteiger partial charge in [-0.1, -0.05) is 0 Å². The van der Waals surface area contributed by atoms with E-state index in [-0.39, 0.29) is 270 Å². The summed E-state index contributed by atoms with van der Waals surface area (Å²) in [6, 6.07) is 15.6. The van der Waals surface area contributed by atoms with Crippen LogP contribution in [0, 0.1) is 20.2 Å². The predicted molar refractivity (Wildman–Crippen MR) is 347 cm³/mol. The average Bonchev–Trinajstić information content (AvgIpc) is 0.769. The number of phenols is 2. The Bertz CT molecular complexity index is 4990. The van der Waals surface area contributed by atoms with Crippen LogP contribution in [0.15, 0.2) is 117 Å². The molecule has 0 unspecified atom stereocenters. The van der Waals surface area contributed by atoms with Gasteiger partial charge in [0.1, 0.15) is 67.1 Å². The van der Waals surface area contributed by atoms with Crippen LogP contribution in [0.1, 0.15) is 36.1 Å². The molecule has 0 spiro atoms. The van der Waals surface area contributed by atoms with Gasteiger partial charge in [0, 0.05) is 111 Å². The molecule has 0 fully saturated rings. The van der Waals surface area contributed by atoms with Crippen LogP contribution >= 0.6 is 23.2 Å². The van der Waals surface area contributed by atoms with Gasteiger partial charge in [0.05, 0.1) is 23.1 Å². The summed E-state index contributed by atoms with van der Waals surface area (Å²) in [7, 11) is -20.3. The van der Waals surface area contributed by atoms with Crippen molar-refractivity contribution in [2.75, 3.05) is 61.1 Å². The monoisotopic (exact) mass is 1640 g/mol. The van der Waals surface area contributed by atoms with Gasteiger partial charge in [-0.25, -0.2) is 0 Å². The van der Waals surface area contributed by atoms with Crippen LogP contribution in [0.4, 0.5) is 46.0 Å². The zero-order chi connectivity index (χ0) is 71.3. The van der Waals surface area contributed by atoms with Crippen LogP contribution in [-0.2, 0) is 76.3 Å². The average molecular weight is 1650 g/mol. The van der Waals surface area contributed by atoms with Gasteiger partial charge < -0.3 is 39.8 Å². The second kappa shape index (κ2) is 39.3. The number of nitrogens with one attached hydrogen (secondary N) is 4. The molecule has 10 rings (SSSR count). The number of phenolic OH excluding ortho intramolecular Hbond substituents is 2. The van der Waals surface area contributed by atoms with E-state index >= 15 is 0 Å². The Balaban J connectivity index is 0.000000511. The number of ether oxygens (including phenoxy) is 4. The van der Waals surface area contributed by atoms with Crippen molar-refractivity contribution in [1.29, 1.82) is 0 Å². The maximum absolute atomic E-state index is 12.9. The molecule has 38 nitrogen and oxygen atoms in total. The molecule has 0 atom stereocenters. The minimum absolute atomic E-state index is 0. The molecule has 0 saturated carbocycles. The maximum Gasteiger partial charge on any atom is 1.00 e.